The Morgan fingerprint density at radius 2 is 1.88 bits per heavy atom. The number of benzene rings is 1. The minimum atomic E-state index is -0.839. The van der Waals surface area contributed by atoms with Crippen LogP contribution in [0.15, 0.2) is 47.1 Å². The lowest BCUT2D eigenvalue weighted by molar-refractivity contribution is -0.141. The number of amides is 2. The molecule has 1 atom stereocenters. The summed E-state index contributed by atoms with van der Waals surface area (Å²) in [5.74, 6) is -1.69. The summed E-state index contributed by atoms with van der Waals surface area (Å²) in [5.41, 5.74) is 1.51. The van der Waals surface area contributed by atoms with Gasteiger partial charge in [-0.2, -0.15) is 0 Å². The number of hydrogen-bond acceptors (Lipinski definition) is 4. The highest BCUT2D eigenvalue weighted by atomic mass is 16.4. The van der Waals surface area contributed by atoms with Gasteiger partial charge in [-0.15, -0.1) is 0 Å². The number of carboxylic acids is 1. The molecule has 7 nitrogen and oxygen atoms in total. The van der Waals surface area contributed by atoms with Gasteiger partial charge in [0.1, 0.15) is 0 Å². The summed E-state index contributed by atoms with van der Waals surface area (Å²) in [5, 5.41) is 14.2. The molecule has 2 rings (SSSR count). The molecule has 25 heavy (non-hydrogen) atoms. The topological polar surface area (TPSA) is 109 Å². The average molecular weight is 344 g/mol. The van der Waals surface area contributed by atoms with Gasteiger partial charge in [-0.25, -0.2) is 0 Å². The number of aliphatic carboxylic acids is 1. The Hall–Kier alpha value is -3.09. The molecule has 0 spiro atoms. The molecule has 2 amide bonds. The van der Waals surface area contributed by atoms with Gasteiger partial charge in [0.25, 0.3) is 5.91 Å². The quantitative estimate of drug-likeness (QED) is 0.681. The Labute approximate surface area is 145 Å². The van der Waals surface area contributed by atoms with Gasteiger partial charge in [0.2, 0.25) is 5.91 Å². The molecule has 132 valence electrons. The lowest BCUT2D eigenvalue weighted by Crippen LogP contribution is -2.27. The van der Waals surface area contributed by atoms with E-state index in [0.717, 1.165) is 5.56 Å². The van der Waals surface area contributed by atoms with Crippen molar-refractivity contribution >= 4 is 23.5 Å². The van der Waals surface area contributed by atoms with Crippen molar-refractivity contribution in [3.05, 3.63) is 54.0 Å². The van der Waals surface area contributed by atoms with E-state index in [-0.39, 0.29) is 30.5 Å². The maximum Gasteiger partial charge on any atom is 0.306 e. The van der Waals surface area contributed by atoms with E-state index in [0.29, 0.717) is 12.1 Å². The van der Waals surface area contributed by atoms with Gasteiger partial charge in [-0.05, 0) is 36.2 Å². The second kappa shape index (κ2) is 8.68. The van der Waals surface area contributed by atoms with Crippen LogP contribution in [0.3, 0.4) is 0 Å². The maximum atomic E-state index is 11.9. The standard InChI is InChI=1S/C18H20N2O5/c1-12(18(23)24)11-13-4-6-14(7-5-13)20-16(21)8-9-19-17(22)15-3-2-10-25-15/h2-7,10,12H,8-9,11H2,1H3,(H,19,22)(H,20,21)(H,23,24). The van der Waals surface area contributed by atoms with Crippen molar-refractivity contribution in [2.24, 2.45) is 5.92 Å². The van der Waals surface area contributed by atoms with Gasteiger partial charge in [0, 0.05) is 18.7 Å². The van der Waals surface area contributed by atoms with Crippen molar-refractivity contribution in [2.45, 2.75) is 19.8 Å². The smallest absolute Gasteiger partial charge is 0.306 e. The van der Waals surface area contributed by atoms with Crippen molar-refractivity contribution in [3.8, 4) is 0 Å². The fraction of sp³-hybridized carbons (Fsp3) is 0.278. The summed E-state index contributed by atoms with van der Waals surface area (Å²) < 4.78 is 4.95. The molecule has 0 saturated carbocycles. The monoisotopic (exact) mass is 344 g/mol. The Bertz CT molecular complexity index is 722. The largest absolute Gasteiger partial charge is 0.481 e. The number of rotatable bonds is 8. The first kappa shape index (κ1) is 18.3. The third kappa shape index (κ3) is 5.80. The lowest BCUT2D eigenvalue weighted by atomic mass is 10.0. The molecule has 0 bridgehead atoms. The fourth-order valence-electron chi connectivity index (χ4n) is 2.17. The first-order valence-electron chi connectivity index (χ1n) is 7.89. The molecule has 1 aromatic carbocycles. The molecular formula is C18H20N2O5. The number of furan rings is 1. The van der Waals surface area contributed by atoms with Crippen molar-refractivity contribution < 1.29 is 23.9 Å². The highest BCUT2D eigenvalue weighted by Crippen LogP contribution is 2.13. The van der Waals surface area contributed by atoms with Crippen LogP contribution in [0.5, 0.6) is 0 Å². The molecule has 7 heteroatoms. The van der Waals surface area contributed by atoms with E-state index >= 15 is 0 Å². The molecular weight excluding hydrogens is 324 g/mol. The molecule has 2 aromatic rings. The number of carbonyl (C=O) groups excluding carboxylic acids is 2. The van der Waals surface area contributed by atoms with Crippen molar-refractivity contribution in [2.75, 3.05) is 11.9 Å². The van der Waals surface area contributed by atoms with Crippen LogP contribution in [0, 0.1) is 5.92 Å². The van der Waals surface area contributed by atoms with Gasteiger partial charge >= 0.3 is 5.97 Å². The highest BCUT2D eigenvalue weighted by molar-refractivity contribution is 5.93. The molecule has 3 N–H and O–H groups in total. The molecule has 0 aliphatic carbocycles. The fourth-order valence-corrected chi connectivity index (χ4v) is 2.17. The number of nitrogens with one attached hydrogen (secondary N) is 2. The molecule has 0 saturated heterocycles. The number of anilines is 1. The maximum absolute atomic E-state index is 11.9. The van der Waals surface area contributed by atoms with Crippen LogP contribution in [0.4, 0.5) is 5.69 Å². The molecule has 0 aliphatic rings. The van der Waals surface area contributed by atoms with E-state index in [4.69, 9.17) is 9.52 Å². The Morgan fingerprint density at radius 3 is 2.48 bits per heavy atom. The van der Waals surface area contributed by atoms with E-state index in [1.54, 1.807) is 43.3 Å². The minimum Gasteiger partial charge on any atom is -0.481 e. The number of carboxylic acid groups (broad SMARTS) is 1. The van der Waals surface area contributed by atoms with E-state index < -0.39 is 11.9 Å². The van der Waals surface area contributed by atoms with Gasteiger partial charge in [0.05, 0.1) is 12.2 Å². The second-order valence-electron chi connectivity index (χ2n) is 5.67. The molecule has 0 radical (unpaired) electrons. The SMILES string of the molecule is CC(Cc1ccc(NC(=O)CCNC(=O)c2ccco2)cc1)C(=O)O. The number of carbonyl (C=O) groups is 3. The predicted molar refractivity (Wildman–Crippen MR) is 91.2 cm³/mol. The Morgan fingerprint density at radius 1 is 1.16 bits per heavy atom. The van der Waals surface area contributed by atoms with Crippen LogP contribution in [0.2, 0.25) is 0 Å². The first-order valence-corrected chi connectivity index (χ1v) is 7.89. The molecule has 1 unspecified atom stereocenters. The van der Waals surface area contributed by atoms with Gasteiger partial charge in [-0.3, -0.25) is 14.4 Å². The van der Waals surface area contributed by atoms with Crippen molar-refractivity contribution in [1.29, 1.82) is 0 Å². The van der Waals surface area contributed by atoms with Crippen LogP contribution in [0.25, 0.3) is 0 Å². The molecule has 0 fully saturated rings. The van der Waals surface area contributed by atoms with E-state index in [2.05, 4.69) is 10.6 Å². The summed E-state index contributed by atoms with van der Waals surface area (Å²) >= 11 is 0. The van der Waals surface area contributed by atoms with Crippen molar-refractivity contribution in [1.82, 2.24) is 5.32 Å². The first-order chi connectivity index (χ1) is 12.0. The van der Waals surface area contributed by atoms with Crippen LogP contribution < -0.4 is 10.6 Å². The van der Waals surface area contributed by atoms with E-state index in [1.807, 2.05) is 0 Å². The lowest BCUT2D eigenvalue weighted by Gasteiger charge is -2.09. The summed E-state index contributed by atoms with van der Waals surface area (Å²) in [6, 6.07) is 10.2. The normalized spacial score (nSPS) is 11.6. The summed E-state index contributed by atoms with van der Waals surface area (Å²) in [4.78, 5) is 34.4. The molecule has 0 aliphatic heterocycles. The molecule has 1 aromatic heterocycles. The summed E-state index contributed by atoms with van der Waals surface area (Å²) in [6.45, 7) is 1.84. The van der Waals surface area contributed by atoms with Gasteiger partial charge < -0.3 is 20.2 Å². The summed E-state index contributed by atoms with van der Waals surface area (Å²) in [7, 11) is 0. The van der Waals surface area contributed by atoms with Crippen molar-refractivity contribution in [3.63, 3.8) is 0 Å². The second-order valence-corrected chi connectivity index (χ2v) is 5.67. The van der Waals surface area contributed by atoms with E-state index in [9.17, 15) is 14.4 Å². The minimum absolute atomic E-state index is 0.129. The van der Waals surface area contributed by atoms with Crippen LogP contribution in [-0.4, -0.2) is 29.4 Å². The highest BCUT2D eigenvalue weighted by Gasteiger charge is 2.12. The summed E-state index contributed by atoms with van der Waals surface area (Å²) in [6.07, 6.45) is 1.97. The van der Waals surface area contributed by atoms with E-state index in [1.165, 1.54) is 6.26 Å². The van der Waals surface area contributed by atoms with Gasteiger partial charge in [-0.1, -0.05) is 19.1 Å². The predicted octanol–water partition coefficient (Wildman–Crippen LogP) is 2.30. The third-order valence-corrected chi connectivity index (χ3v) is 3.58. The van der Waals surface area contributed by atoms with Crippen LogP contribution in [0.1, 0.15) is 29.5 Å². The zero-order valence-corrected chi connectivity index (χ0v) is 13.8. The zero-order valence-electron chi connectivity index (χ0n) is 13.8. The Balaban J connectivity index is 1.74. The third-order valence-electron chi connectivity index (χ3n) is 3.58. The average Bonchev–Trinajstić information content (AvgIpc) is 3.11. The number of hydrogen-bond donors (Lipinski definition) is 3. The Kier molecular flexibility index (Phi) is 6.33. The van der Waals surface area contributed by atoms with Crippen LogP contribution >= 0.6 is 0 Å². The van der Waals surface area contributed by atoms with Crippen LogP contribution in [-0.2, 0) is 16.0 Å². The van der Waals surface area contributed by atoms with Gasteiger partial charge in [0.15, 0.2) is 5.76 Å². The molecule has 1 heterocycles. The zero-order chi connectivity index (χ0) is 18.2.